The van der Waals surface area contributed by atoms with Gasteiger partial charge in [0.25, 0.3) is 5.91 Å². The number of amides is 1. The van der Waals surface area contributed by atoms with Crippen molar-refractivity contribution in [3.05, 3.63) is 45.5 Å². The van der Waals surface area contributed by atoms with E-state index in [-0.39, 0.29) is 5.91 Å². The summed E-state index contributed by atoms with van der Waals surface area (Å²) in [6, 6.07) is 10.1. The Morgan fingerprint density at radius 2 is 2.07 bits per heavy atom. The molecule has 5 nitrogen and oxygen atoms in total. The predicted octanol–water partition coefficient (Wildman–Crippen LogP) is 3.01. The molecule has 0 atom stereocenters. The van der Waals surface area contributed by atoms with E-state index in [0.717, 1.165) is 48.3 Å². The third-order valence-corrected chi connectivity index (χ3v) is 6.68. The van der Waals surface area contributed by atoms with Gasteiger partial charge in [0.05, 0.1) is 18.9 Å². The van der Waals surface area contributed by atoms with E-state index in [2.05, 4.69) is 30.6 Å². The zero-order valence-corrected chi connectivity index (χ0v) is 17.7. The van der Waals surface area contributed by atoms with E-state index in [9.17, 15) is 4.79 Å². The van der Waals surface area contributed by atoms with Crippen LogP contribution in [0.15, 0.2) is 35.7 Å². The second kappa shape index (κ2) is 8.53. The number of thiazole rings is 1. The minimum atomic E-state index is 0.0400. The van der Waals surface area contributed by atoms with Crippen molar-refractivity contribution in [2.45, 2.75) is 13.8 Å². The Morgan fingerprint density at radius 3 is 2.82 bits per heavy atom. The van der Waals surface area contributed by atoms with Crippen molar-refractivity contribution < 1.29 is 14.4 Å². The number of quaternary nitrogens is 1. The van der Waals surface area contributed by atoms with Crippen LogP contribution in [0.25, 0.3) is 21.8 Å². The van der Waals surface area contributed by atoms with Crippen LogP contribution in [0.2, 0.25) is 0 Å². The van der Waals surface area contributed by atoms with Crippen LogP contribution in [0.3, 0.4) is 0 Å². The largest absolute Gasteiger partial charge is 0.370 e. The van der Waals surface area contributed by atoms with Gasteiger partial charge in [0.15, 0.2) is 6.54 Å². The van der Waals surface area contributed by atoms with E-state index in [4.69, 9.17) is 9.72 Å². The summed E-state index contributed by atoms with van der Waals surface area (Å²) >= 11 is 3.43. The Morgan fingerprint density at radius 1 is 1.25 bits per heavy atom. The molecule has 0 saturated carbocycles. The average Bonchev–Trinajstić information content (AvgIpc) is 3.29. The van der Waals surface area contributed by atoms with Gasteiger partial charge in [-0.3, -0.25) is 4.79 Å². The van der Waals surface area contributed by atoms with E-state index in [0.29, 0.717) is 6.54 Å². The predicted molar refractivity (Wildman–Crippen MR) is 115 cm³/mol. The van der Waals surface area contributed by atoms with Gasteiger partial charge in [-0.1, -0.05) is 12.1 Å². The smallest absolute Gasteiger partial charge is 0.279 e. The van der Waals surface area contributed by atoms with Crippen molar-refractivity contribution in [1.29, 1.82) is 0 Å². The molecule has 146 valence electrons. The number of hydrogen-bond donors (Lipinski definition) is 2. The zero-order chi connectivity index (χ0) is 19.5. The highest BCUT2D eigenvalue weighted by Gasteiger charge is 2.18. The number of aryl methyl sites for hydroxylation is 2. The summed E-state index contributed by atoms with van der Waals surface area (Å²) in [4.78, 5) is 21.1. The second-order valence-corrected chi connectivity index (χ2v) is 9.35. The Bertz CT molecular complexity index is 974. The normalized spacial score (nSPS) is 14.9. The van der Waals surface area contributed by atoms with Crippen LogP contribution >= 0.6 is 22.7 Å². The molecule has 2 aromatic heterocycles. The number of aromatic nitrogens is 1. The molecular formula is C21H24N3O2S2+. The van der Waals surface area contributed by atoms with Crippen LogP contribution in [0.4, 0.5) is 5.69 Å². The lowest BCUT2D eigenvalue weighted by Crippen LogP contribution is -3.15. The highest BCUT2D eigenvalue weighted by atomic mass is 32.1. The average molecular weight is 415 g/mol. The lowest BCUT2D eigenvalue weighted by Gasteiger charge is -2.23. The molecule has 0 aliphatic carbocycles. The number of anilines is 1. The molecule has 2 N–H and O–H groups in total. The molecule has 7 heteroatoms. The molecule has 0 unspecified atom stereocenters. The van der Waals surface area contributed by atoms with Crippen LogP contribution < -0.4 is 10.2 Å². The number of benzene rings is 1. The summed E-state index contributed by atoms with van der Waals surface area (Å²) in [6.07, 6.45) is 0. The molecule has 1 aliphatic rings. The molecule has 0 radical (unpaired) electrons. The third-order valence-electron chi connectivity index (χ3n) is 4.82. The number of nitrogens with zero attached hydrogens (tertiary/aromatic N) is 1. The molecule has 4 rings (SSSR count). The van der Waals surface area contributed by atoms with Crippen molar-refractivity contribution >= 4 is 34.3 Å². The Labute approximate surface area is 173 Å². The van der Waals surface area contributed by atoms with Crippen LogP contribution in [-0.2, 0) is 9.53 Å². The van der Waals surface area contributed by atoms with E-state index >= 15 is 0 Å². The summed E-state index contributed by atoms with van der Waals surface area (Å²) < 4.78 is 5.35. The molecule has 1 amide bonds. The maximum Gasteiger partial charge on any atom is 0.279 e. The number of thiophene rings is 1. The SMILES string of the molecule is Cc1cc(-c2csc(-c3cccc(NC(=O)C[NH+]4CCOCC4)c3)n2)c(C)s1. The number of ether oxygens (including phenoxy) is 1. The topological polar surface area (TPSA) is 55.7 Å². The van der Waals surface area contributed by atoms with Crippen LogP contribution in [0, 0.1) is 13.8 Å². The van der Waals surface area contributed by atoms with Gasteiger partial charge < -0.3 is 15.0 Å². The van der Waals surface area contributed by atoms with Crippen LogP contribution in [0.1, 0.15) is 9.75 Å². The van der Waals surface area contributed by atoms with E-state index in [1.807, 2.05) is 24.3 Å². The summed E-state index contributed by atoms with van der Waals surface area (Å²) in [7, 11) is 0. The lowest BCUT2D eigenvalue weighted by molar-refractivity contribution is -0.899. The van der Waals surface area contributed by atoms with Gasteiger partial charge >= 0.3 is 0 Å². The first kappa shape index (κ1) is 19.3. The van der Waals surface area contributed by atoms with E-state index in [1.165, 1.54) is 20.2 Å². The van der Waals surface area contributed by atoms with Gasteiger partial charge in [0.1, 0.15) is 18.1 Å². The number of morpholine rings is 1. The zero-order valence-electron chi connectivity index (χ0n) is 16.1. The summed E-state index contributed by atoms with van der Waals surface area (Å²) in [5.41, 5.74) is 4.07. The number of nitrogens with one attached hydrogen (secondary N) is 2. The molecule has 0 spiro atoms. The van der Waals surface area contributed by atoms with Crippen molar-refractivity contribution in [3.63, 3.8) is 0 Å². The van der Waals surface area contributed by atoms with Crippen LogP contribution in [-0.4, -0.2) is 43.7 Å². The van der Waals surface area contributed by atoms with Crippen molar-refractivity contribution in [3.8, 4) is 21.8 Å². The van der Waals surface area contributed by atoms with Gasteiger partial charge in [0, 0.05) is 31.9 Å². The standard InChI is InChI=1S/C21H23N3O2S2/c1-14-10-18(15(2)28-14)19-13-27-21(23-19)16-4-3-5-17(11-16)22-20(25)12-24-6-8-26-9-7-24/h3-5,10-11,13H,6-9,12H2,1-2H3,(H,22,25)/p+1. The van der Waals surface area contributed by atoms with Gasteiger partial charge in [-0.25, -0.2) is 4.98 Å². The molecule has 3 aromatic rings. The number of carbonyl (C=O) groups is 1. The molecule has 1 aliphatic heterocycles. The van der Waals surface area contributed by atoms with Crippen molar-refractivity contribution in [2.24, 2.45) is 0 Å². The number of hydrogen-bond acceptors (Lipinski definition) is 5. The molecule has 28 heavy (non-hydrogen) atoms. The lowest BCUT2D eigenvalue weighted by atomic mass is 10.2. The van der Waals surface area contributed by atoms with E-state index < -0.39 is 0 Å². The summed E-state index contributed by atoms with van der Waals surface area (Å²) in [5.74, 6) is 0.0400. The fraction of sp³-hybridized carbons (Fsp3) is 0.333. The fourth-order valence-corrected chi connectivity index (χ4v) is 5.16. The van der Waals surface area contributed by atoms with Gasteiger partial charge in [-0.15, -0.1) is 22.7 Å². The maximum absolute atomic E-state index is 12.4. The van der Waals surface area contributed by atoms with Gasteiger partial charge in [-0.2, -0.15) is 0 Å². The highest BCUT2D eigenvalue weighted by molar-refractivity contribution is 7.14. The first-order valence-corrected chi connectivity index (χ1v) is 11.1. The van der Waals surface area contributed by atoms with Crippen LogP contribution in [0.5, 0.6) is 0 Å². The minimum absolute atomic E-state index is 0.0400. The first-order valence-electron chi connectivity index (χ1n) is 9.43. The molecule has 1 fully saturated rings. The maximum atomic E-state index is 12.4. The van der Waals surface area contributed by atoms with Crippen molar-refractivity contribution in [2.75, 3.05) is 38.2 Å². The monoisotopic (exact) mass is 414 g/mol. The molecule has 0 bridgehead atoms. The molecular weight excluding hydrogens is 390 g/mol. The Kier molecular flexibility index (Phi) is 5.87. The summed E-state index contributed by atoms with van der Waals surface area (Å²) in [5, 5.41) is 6.10. The van der Waals surface area contributed by atoms with Gasteiger partial charge in [-0.05, 0) is 32.0 Å². The second-order valence-electron chi connectivity index (χ2n) is 7.03. The quantitative estimate of drug-likeness (QED) is 0.675. The molecule has 1 aromatic carbocycles. The third kappa shape index (κ3) is 4.50. The van der Waals surface area contributed by atoms with Gasteiger partial charge in [0.2, 0.25) is 0 Å². The van der Waals surface area contributed by atoms with Crippen molar-refractivity contribution in [1.82, 2.24) is 4.98 Å². The summed E-state index contributed by atoms with van der Waals surface area (Å²) in [6.45, 7) is 7.97. The first-order chi connectivity index (χ1) is 13.6. The molecule has 1 saturated heterocycles. The molecule has 3 heterocycles. The number of rotatable bonds is 5. The fourth-order valence-electron chi connectivity index (χ4n) is 3.41. The number of carbonyl (C=O) groups excluding carboxylic acids is 1. The highest BCUT2D eigenvalue weighted by Crippen LogP contribution is 2.34. The Balaban J connectivity index is 1.46. The Hall–Kier alpha value is -2.06. The minimum Gasteiger partial charge on any atom is -0.370 e. The van der Waals surface area contributed by atoms with E-state index in [1.54, 1.807) is 22.7 Å².